The van der Waals surface area contributed by atoms with E-state index in [1.165, 1.54) is 50.9 Å². The number of rotatable bonds is 1. The first-order valence-corrected chi connectivity index (χ1v) is 6.69. The predicted octanol–water partition coefficient (Wildman–Crippen LogP) is 2.22. The molecule has 3 heterocycles. The van der Waals surface area contributed by atoms with E-state index in [0.717, 1.165) is 0 Å². The second kappa shape index (κ2) is 6.72. The van der Waals surface area contributed by atoms with Crippen LogP contribution in [-0.4, -0.2) is 36.6 Å². The van der Waals surface area contributed by atoms with E-state index in [1.54, 1.807) is 0 Å². The Morgan fingerprint density at radius 1 is 1.29 bits per heavy atom. The summed E-state index contributed by atoms with van der Waals surface area (Å²) in [4.78, 5) is 6.54. The summed E-state index contributed by atoms with van der Waals surface area (Å²) in [6.45, 7) is 3.72. The van der Waals surface area contributed by atoms with Gasteiger partial charge >= 0.3 is 0 Å². The van der Waals surface area contributed by atoms with Crippen molar-refractivity contribution in [1.82, 2.24) is 15.2 Å². The third kappa shape index (κ3) is 3.79. The van der Waals surface area contributed by atoms with E-state index in [2.05, 4.69) is 28.3 Å². The zero-order valence-electron chi connectivity index (χ0n) is 10.7. The van der Waals surface area contributed by atoms with Crippen LogP contribution in [0, 0.1) is 0 Å². The van der Waals surface area contributed by atoms with E-state index in [9.17, 15) is 0 Å². The van der Waals surface area contributed by atoms with Crippen LogP contribution in [0.3, 0.4) is 0 Å². The van der Waals surface area contributed by atoms with Gasteiger partial charge in [0, 0.05) is 18.4 Å². The number of likely N-dealkylation sites (tertiary alicyclic amines) is 1. The van der Waals surface area contributed by atoms with Crippen molar-refractivity contribution in [2.24, 2.45) is 0 Å². The second-order valence-corrected chi connectivity index (χ2v) is 4.88. The van der Waals surface area contributed by atoms with Crippen molar-refractivity contribution in [2.45, 2.75) is 31.7 Å². The second-order valence-electron chi connectivity index (χ2n) is 4.88. The van der Waals surface area contributed by atoms with Gasteiger partial charge in [0.1, 0.15) is 0 Å². The third-order valence-corrected chi connectivity index (χ3v) is 3.55. The summed E-state index contributed by atoms with van der Waals surface area (Å²) in [5.41, 5.74) is 1.36. The maximum atomic E-state index is 4.14. The molecule has 3 heteroatoms. The molecule has 0 amide bonds. The van der Waals surface area contributed by atoms with Crippen LogP contribution in [0.2, 0.25) is 0 Å². The smallest absolute Gasteiger partial charge is 0.0360 e. The van der Waals surface area contributed by atoms with E-state index >= 15 is 0 Å². The van der Waals surface area contributed by atoms with Gasteiger partial charge in [-0.2, -0.15) is 0 Å². The van der Waals surface area contributed by atoms with Crippen LogP contribution in [0.5, 0.6) is 0 Å². The van der Waals surface area contributed by atoms with Crippen molar-refractivity contribution in [3.05, 3.63) is 30.1 Å². The quantitative estimate of drug-likeness (QED) is 0.806. The highest BCUT2D eigenvalue weighted by Crippen LogP contribution is 2.29. The lowest BCUT2D eigenvalue weighted by molar-refractivity contribution is 0.317. The van der Waals surface area contributed by atoms with Gasteiger partial charge in [0.2, 0.25) is 0 Å². The first-order chi connectivity index (χ1) is 8.38. The summed E-state index contributed by atoms with van der Waals surface area (Å²) in [6.07, 6.45) is 9.18. The summed E-state index contributed by atoms with van der Waals surface area (Å²) >= 11 is 0. The largest absolute Gasteiger partial charge is 0.317 e. The minimum Gasteiger partial charge on any atom is -0.317 e. The number of nitrogens with zero attached hydrogens (tertiary/aromatic N) is 2. The fraction of sp³-hybridized carbons (Fsp3) is 0.643. The van der Waals surface area contributed by atoms with Crippen LogP contribution in [0.25, 0.3) is 0 Å². The molecular formula is C14H23N3. The first-order valence-electron chi connectivity index (χ1n) is 6.69. The molecule has 0 radical (unpaired) electrons. The van der Waals surface area contributed by atoms with Crippen molar-refractivity contribution in [1.29, 1.82) is 0 Å². The number of pyridine rings is 1. The van der Waals surface area contributed by atoms with Crippen LogP contribution < -0.4 is 5.32 Å². The highest BCUT2D eigenvalue weighted by Gasteiger charge is 2.21. The standard InChI is InChI=1S/C10H14N2.C4H9N/c1-12-7-3-5-10(12)9-4-2-6-11-8-9;1-2-4-5-3-1/h2,4,6,8,10H,3,5,7H2,1H3;5H,1-4H2. The molecule has 1 aromatic heterocycles. The molecule has 0 spiro atoms. The lowest BCUT2D eigenvalue weighted by Crippen LogP contribution is -2.17. The van der Waals surface area contributed by atoms with E-state index < -0.39 is 0 Å². The molecule has 1 N–H and O–H groups in total. The zero-order valence-corrected chi connectivity index (χ0v) is 10.7. The summed E-state index contributed by atoms with van der Waals surface area (Å²) in [5.74, 6) is 0. The van der Waals surface area contributed by atoms with Gasteiger partial charge in [-0.25, -0.2) is 0 Å². The first kappa shape index (κ1) is 12.5. The summed E-state index contributed by atoms with van der Waals surface area (Å²) in [7, 11) is 2.19. The number of hydrogen-bond donors (Lipinski definition) is 1. The third-order valence-electron chi connectivity index (χ3n) is 3.55. The van der Waals surface area contributed by atoms with E-state index in [1.807, 2.05) is 18.5 Å². The summed E-state index contributed by atoms with van der Waals surface area (Å²) in [5, 5.41) is 3.22. The molecule has 2 aliphatic rings. The maximum Gasteiger partial charge on any atom is 0.0360 e. The van der Waals surface area contributed by atoms with Gasteiger partial charge in [0.05, 0.1) is 0 Å². The van der Waals surface area contributed by atoms with Crippen molar-refractivity contribution >= 4 is 0 Å². The van der Waals surface area contributed by atoms with Gasteiger partial charge in [-0.1, -0.05) is 6.07 Å². The van der Waals surface area contributed by atoms with Gasteiger partial charge in [0.15, 0.2) is 0 Å². The van der Waals surface area contributed by atoms with Crippen molar-refractivity contribution < 1.29 is 0 Å². The molecule has 94 valence electrons. The topological polar surface area (TPSA) is 28.2 Å². The fourth-order valence-electron chi connectivity index (χ4n) is 2.53. The average Bonchev–Trinajstić information content (AvgIpc) is 3.03. The predicted molar refractivity (Wildman–Crippen MR) is 70.9 cm³/mol. The average molecular weight is 233 g/mol. The molecule has 1 unspecified atom stereocenters. The SMILES string of the molecule is C1CCNC1.CN1CCCC1c1cccnc1. The molecule has 3 rings (SSSR count). The molecule has 0 aliphatic carbocycles. The molecule has 3 nitrogen and oxygen atoms in total. The van der Waals surface area contributed by atoms with Crippen LogP contribution in [0.4, 0.5) is 0 Å². The Morgan fingerprint density at radius 2 is 2.12 bits per heavy atom. The maximum absolute atomic E-state index is 4.14. The highest BCUT2D eigenvalue weighted by molar-refractivity contribution is 5.14. The molecule has 0 saturated carbocycles. The Kier molecular flexibility index (Phi) is 4.95. The summed E-state index contributed by atoms with van der Waals surface area (Å²) < 4.78 is 0. The van der Waals surface area contributed by atoms with E-state index in [4.69, 9.17) is 0 Å². The normalized spacial score (nSPS) is 24.4. The van der Waals surface area contributed by atoms with Crippen LogP contribution in [0.15, 0.2) is 24.5 Å². The van der Waals surface area contributed by atoms with Gasteiger partial charge in [-0.05, 0) is 64.0 Å². The molecule has 0 aromatic carbocycles. The molecule has 1 atom stereocenters. The Hall–Kier alpha value is -0.930. The minimum absolute atomic E-state index is 0.610. The Labute approximate surface area is 104 Å². The highest BCUT2D eigenvalue weighted by atomic mass is 15.1. The van der Waals surface area contributed by atoms with Crippen LogP contribution >= 0.6 is 0 Å². The molecule has 2 aliphatic heterocycles. The summed E-state index contributed by atoms with van der Waals surface area (Å²) in [6, 6.07) is 4.79. The van der Waals surface area contributed by atoms with Gasteiger partial charge in [-0.3, -0.25) is 9.88 Å². The van der Waals surface area contributed by atoms with Gasteiger partial charge in [0.25, 0.3) is 0 Å². The lowest BCUT2D eigenvalue weighted by Gasteiger charge is -2.18. The Morgan fingerprint density at radius 3 is 2.59 bits per heavy atom. The molecular weight excluding hydrogens is 210 g/mol. The van der Waals surface area contributed by atoms with Gasteiger partial charge < -0.3 is 5.32 Å². The molecule has 2 saturated heterocycles. The number of aromatic nitrogens is 1. The van der Waals surface area contributed by atoms with Gasteiger partial charge in [-0.15, -0.1) is 0 Å². The number of hydrogen-bond acceptors (Lipinski definition) is 3. The van der Waals surface area contributed by atoms with Crippen LogP contribution in [-0.2, 0) is 0 Å². The monoisotopic (exact) mass is 233 g/mol. The van der Waals surface area contributed by atoms with E-state index in [-0.39, 0.29) is 0 Å². The minimum atomic E-state index is 0.610. The molecule has 0 bridgehead atoms. The van der Waals surface area contributed by atoms with Crippen LogP contribution in [0.1, 0.15) is 37.3 Å². The lowest BCUT2D eigenvalue weighted by atomic mass is 10.1. The van der Waals surface area contributed by atoms with Crippen molar-refractivity contribution in [3.63, 3.8) is 0 Å². The molecule has 1 aromatic rings. The molecule has 17 heavy (non-hydrogen) atoms. The Balaban J connectivity index is 0.000000181. The van der Waals surface area contributed by atoms with Crippen molar-refractivity contribution in [2.75, 3.05) is 26.7 Å². The Bertz CT molecular complexity index is 301. The molecule has 2 fully saturated rings. The zero-order chi connectivity index (χ0) is 11.9. The number of nitrogens with one attached hydrogen (secondary N) is 1. The fourth-order valence-corrected chi connectivity index (χ4v) is 2.53. The van der Waals surface area contributed by atoms with Crippen molar-refractivity contribution in [3.8, 4) is 0 Å². The van der Waals surface area contributed by atoms with E-state index in [0.29, 0.717) is 6.04 Å².